The minimum atomic E-state index is -4.36. The fourth-order valence-electron chi connectivity index (χ4n) is 1.15. The SMILES string of the molecule is CC(N)/C=C\c1cc(C(F)(F)F)ccc1N. The van der Waals surface area contributed by atoms with E-state index >= 15 is 0 Å². The van der Waals surface area contributed by atoms with Gasteiger partial charge >= 0.3 is 6.18 Å². The second-order valence-electron chi connectivity index (χ2n) is 3.56. The Morgan fingerprint density at radius 1 is 1.31 bits per heavy atom. The Labute approximate surface area is 91.7 Å². The molecule has 4 N–H and O–H groups in total. The number of alkyl halides is 3. The van der Waals surface area contributed by atoms with Crippen molar-refractivity contribution in [3.05, 3.63) is 35.4 Å². The fraction of sp³-hybridized carbons (Fsp3) is 0.273. The van der Waals surface area contributed by atoms with E-state index in [1.165, 1.54) is 12.1 Å². The molecule has 1 unspecified atom stereocenters. The molecule has 0 aliphatic heterocycles. The molecule has 0 amide bonds. The maximum atomic E-state index is 12.4. The molecule has 16 heavy (non-hydrogen) atoms. The number of benzene rings is 1. The lowest BCUT2D eigenvalue weighted by Crippen LogP contribution is -2.10. The highest BCUT2D eigenvalue weighted by molar-refractivity contribution is 5.65. The van der Waals surface area contributed by atoms with Gasteiger partial charge in [0.25, 0.3) is 0 Å². The van der Waals surface area contributed by atoms with E-state index in [0.717, 1.165) is 12.1 Å². The molecule has 0 radical (unpaired) electrons. The summed E-state index contributed by atoms with van der Waals surface area (Å²) in [4.78, 5) is 0. The Balaban J connectivity index is 3.09. The summed E-state index contributed by atoms with van der Waals surface area (Å²) >= 11 is 0. The van der Waals surface area contributed by atoms with Crippen molar-refractivity contribution in [1.29, 1.82) is 0 Å². The van der Waals surface area contributed by atoms with Gasteiger partial charge in [0, 0.05) is 11.7 Å². The Morgan fingerprint density at radius 2 is 1.94 bits per heavy atom. The quantitative estimate of drug-likeness (QED) is 0.767. The van der Waals surface area contributed by atoms with Crippen molar-refractivity contribution in [3.63, 3.8) is 0 Å². The molecule has 5 heteroatoms. The Morgan fingerprint density at radius 3 is 2.44 bits per heavy atom. The van der Waals surface area contributed by atoms with E-state index in [1.807, 2.05) is 0 Å². The van der Waals surface area contributed by atoms with E-state index in [2.05, 4.69) is 0 Å². The predicted octanol–water partition coefficient (Wildman–Crippen LogP) is 2.65. The summed E-state index contributed by atoms with van der Waals surface area (Å²) < 4.78 is 37.2. The number of halogens is 3. The smallest absolute Gasteiger partial charge is 0.398 e. The van der Waals surface area contributed by atoms with E-state index < -0.39 is 11.7 Å². The Hall–Kier alpha value is -1.49. The molecule has 0 spiro atoms. The lowest BCUT2D eigenvalue weighted by atomic mass is 10.1. The highest BCUT2D eigenvalue weighted by Gasteiger charge is 2.30. The first-order valence-corrected chi connectivity index (χ1v) is 4.71. The van der Waals surface area contributed by atoms with Crippen LogP contribution in [-0.4, -0.2) is 6.04 Å². The van der Waals surface area contributed by atoms with Crippen LogP contribution >= 0.6 is 0 Å². The first-order valence-electron chi connectivity index (χ1n) is 4.71. The van der Waals surface area contributed by atoms with Crippen LogP contribution in [0.2, 0.25) is 0 Å². The monoisotopic (exact) mass is 230 g/mol. The van der Waals surface area contributed by atoms with Crippen molar-refractivity contribution in [3.8, 4) is 0 Å². The van der Waals surface area contributed by atoms with Gasteiger partial charge in [-0.1, -0.05) is 12.2 Å². The maximum absolute atomic E-state index is 12.4. The van der Waals surface area contributed by atoms with Gasteiger partial charge in [-0.3, -0.25) is 0 Å². The van der Waals surface area contributed by atoms with Crippen molar-refractivity contribution in [2.75, 3.05) is 5.73 Å². The molecule has 1 rings (SSSR count). The zero-order valence-corrected chi connectivity index (χ0v) is 8.75. The molecular formula is C11H13F3N2. The first-order chi connectivity index (χ1) is 7.30. The van der Waals surface area contributed by atoms with Crippen LogP contribution in [0.5, 0.6) is 0 Å². The lowest BCUT2D eigenvalue weighted by Gasteiger charge is -2.09. The number of rotatable bonds is 2. The third kappa shape index (κ3) is 3.27. The van der Waals surface area contributed by atoms with E-state index in [9.17, 15) is 13.2 Å². The molecule has 2 nitrogen and oxygen atoms in total. The highest BCUT2D eigenvalue weighted by atomic mass is 19.4. The Bertz CT molecular complexity index is 395. The minimum absolute atomic E-state index is 0.228. The molecule has 0 heterocycles. The molecule has 0 aliphatic carbocycles. The topological polar surface area (TPSA) is 52.0 Å². The zero-order chi connectivity index (χ0) is 12.3. The van der Waals surface area contributed by atoms with E-state index in [-0.39, 0.29) is 6.04 Å². The molecule has 0 bridgehead atoms. The molecule has 1 aromatic carbocycles. The summed E-state index contributed by atoms with van der Waals surface area (Å²) in [5.41, 5.74) is 10.9. The predicted molar refractivity (Wildman–Crippen MR) is 58.5 cm³/mol. The van der Waals surface area contributed by atoms with Crippen molar-refractivity contribution in [2.45, 2.75) is 19.1 Å². The van der Waals surface area contributed by atoms with Gasteiger partial charge in [-0.05, 0) is 30.7 Å². The second kappa shape index (κ2) is 4.57. The third-order valence-electron chi connectivity index (χ3n) is 1.99. The maximum Gasteiger partial charge on any atom is 0.416 e. The van der Waals surface area contributed by atoms with E-state index in [4.69, 9.17) is 11.5 Å². The van der Waals surface area contributed by atoms with Gasteiger partial charge in [-0.15, -0.1) is 0 Å². The fourth-order valence-corrected chi connectivity index (χ4v) is 1.15. The van der Waals surface area contributed by atoms with Crippen molar-refractivity contribution in [1.82, 2.24) is 0 Å². The summed E-state index contributed by atoms with van der Waals surface area (Å²) in [6.45, 7) is 1.72. The standard InChI is InChI=1S/C11H13F3N2/c1-7(15)2-3-8-6-9(11(12,13)14)4-5-10(8)16/h2-7H,15-16H2,1H3/b3-2-. The Kier molecular flexibility index (Phi) is 3.59. The molecular weight excluding hydrogens is 217 g/mol. The van der Waals surface area contributed by atoms with E-state index in [0.29, 0.717) is 11.3 Å². The molecule has 0 saturated carbocycles. The second-order valence-corrected chi connectivity index (χ2v) is 3.56. The third-order valence-corrected chi connectivity index (χ3v) is 1.99. The van der Waals surface area contributed by atoms with Gasteiger partial charge in [0.1, 0.15) is 0 Å². The van der Waals surface area contributed by atoms with Crippen LogP contribution in [0.15, 0.2) is 24.3 Å². The number of hydrogen-bond acceptors (Lipinski definition) is 2. The number of nitrogen functional groups attached to an aromatic ring is 1. The molecule has 88 valence electrons. The van der Waals surface area contributed by atoms with Gasteiger partial charge < -0.3 is 11.5 Å². The van der Waals surface area contributed by atoms with E-state index in [1.54, 1.807) is 13.0 Å². The van der Waals surface area contributed by atoms with Crippen LogP contribution in [0.4, 0.5) is 18.9 Å². The zero-order valence-electron chi connectivity index (χ0n) is 8.75. The summed E-state index contributed by atoms with van der Waals surface area (Å²) in [6, 6.07) is 2.98. The van der Waals surface area contributed by atoms with Crippen LogP contribution in [0.1, 0.15) is 18.1 Å². The average Bonchev–Trinajstić information content (AvgIpc) is 2.14. The summed E-state index contributed by atoms with van der Waals surface area (Å²) in [6.07, 6.45) is -1.27. The largest absolute Gasteiger partial charge is 0.416 e. The lowest BCUT2D eigenvalue weighted by molar-refractivity contribution is -0.137. The average molecular weight is 230 g/mol. The molecule has 0 aliphatic rings. The molecule has 1 atom stereocenters. The first kappa shape index (κ1) is 12.6. The van der Waals surface area contributed by atoms with Gasteiger partial charge in [0.2, 0.25) is 0 Å². The number of anilines is 1. The summed E-state index contributed by atoms with van der Waals surface area (Å²) in [5, 5.41) is 0. The van der Waals surface area contributed by atoms with Gasteiger partial charge in [0.05, 0.1) is 5.56 Å². The van der Waals surface area contributed by atoms with Crippen LogP contribution in [0.3, 0.4) is 0 Å². The van der Waals surface area contributed by atoms with Crippen LogP contribution < -0.4 is 11.5 Å². The molecule has 0 saturated heterocycles. The van der Waals surface area contributed by atoms with Crippen LogP contribution in [0, 0.1) is 0 Å². The van der Waals surface area contributed by atoms with Crippen molar-refractivity contribution in [2.24, 2.45) is 5.73 Å². The minimum Gasteiger partial charge on any atom is -0.398 e. The molecule has 0 aromatic heterocycles. The highest BCUT2D eigenvalue weighted by Crippen LogP contribution is 2.31. The number of nitrogens with two attached hydrogens (primary N) is 2. The number of hydrogen-bond donors (Lipinski definition) is 2. The normalized spacial score (nSPS) is 14.3. The molecule has 0 fully saturated rings. The van der Waals surface area contributed by atoms with Gasteiger partial charge in [-0.25, -0.2) is 0 Å². The van der Waals surface area contributed by atoms with Gasteiger partial charge in [-0.2, -0.15) is 13.2 Å². The summed E-state index contributed by atoms with van der Waals surface area (Å²) in [7, 11) is 0. The summed E-state index contributed by atoms with van der Waals surface area (Å²) in [5.74, 6) is 0. The van der Waals surface area contributed by atoms with Crippen molar-refractivity contribution < 1.29 is 13.2 Å². The van der Waals surface area contributed by atoms with Gasteiger partial charge in [0.15, 0.2) is 0 Å². The molecule has 1 aromatic rings. The van der Waals surface area contributed by atoms with Crippen LogP contribution in [0.25, 0.3) is 6.08 Å². The van der Waals surface area contributed by atoms with Crippen molar-refractivity contribution >= 4 is 11.8 Å². The van der Waals surface area contributed by atoms with Crippen LogP contribution in [-0.2, 0) is 6.18 Å².